The van der Waals surface area contributed by atoms with Crippen LogP contribution in [-0.2, 0) is 16.0 Å². The molecule has 3 aliphatic heterocycles. The molecule has 2 aromatic carbocycles. The van der Waals surface area contributed by atoms with Gasteiger partial charge in [0.15, 0.2) is 0 Å². The van der Waals surface area contributed by atoms with E-state index in [1.807, 2.05) is 21.9 Å². The molecule has 0 unspecified atom stereocenters. The molecule has 2 amide bonds. The van der Waals surface area contributed by atoms with E-state index in [2.05, 4.69) is 0 Å². The maximum absolute atomic E-state index is 14.0. The minimum absolute atomic E-state index is 0.0265. The number of nitrogens with zero attached hydrogens (tertiary/aromatic N) is 3. The predicted molar refractivity (Wildman–Crippen MR) is 169 cm³/mol. The van der Waals surface area contributed by atoms with Gasteiger partial charge in [-0.2, -0.15) is 0 Å². The van der Waals surface area contributed by atoms with E-state index in [0.29, 0.717) is 66.1 Å². The van der Waals surface area contributed by atoms with Crippen LogP contribution in [0.3, 0.4) is 0 Å². The van der Waals surface area contributed by atoms with Crippen LogP contribution >= 0.6 is 23.2 Å². The molecule has 5 rings (SSSR count). The number of benzene rings is 2. The van der Waals surface area contributed by atoms with Gasteiger partial charge in [-0.15, -0.1) is 0 Å². The number of ether oxygens (including phenoxy) is 1. The van der Waals surface area contributed by atoms with Gasteiger partial charge in [0.1, 0.15) is 12.4 Å². The van der Waals surface area contributed by atoms with E-state index in [0.717, 1.165) is 24.0 Å². The molecule has 0 aliphatic carbocycles. The Morgan fingerprint density at radius 1 is 1.00 bits per heavy atom. The first-order valence-electron chi connectivity index (χ1n) is 19.0. The first-order valence-corrected chi connectivity index (χ1v) is 15.7. The second-order valence-corrected chi connectivity index (χ2v) is 12.1. The third-order valence-electron chi connectivity index (χ3n) is 8.56. The molecule has 0 aromatic heterocycles. The van der Waals surface area contributed by atoms with Crippen LogP contribution < -0.4 is 4.74 Å². The fourth-order valence-corrected chi connectivity index (χ4v) is 6.56. The minimum atomic E-state index is -3.11. The van der Waals surface area contributed by atoms with Crippen LogP contribution in [0.5, 0.6) is 5.75 Å². The normalized spacial score (nSPS) is 27.3. The van der Waals surface area contributed by atoms with E-state index in [1.165, 1.54) is 0 Å². The highest BCUT2D eigenvalue weighted by atomic mass is 35.5. The number of para-hydroxylation sites is 1. The Morgan fingerprint density at radius 3 is 2.40 bits per heavy atom. The molecule has 228 valence electrons. The summed E-state index contributed by atoms with van der Waals surface area (Å²) in [6.45, 7) is -2.00. The molecule has 2 aromatic rings. The lowest BCUT2D eigenvalue weighted by atomic mass is 9.87. The van der Waals surface area contributed by atoms with Gasteiger partial charge in [-0.3, -0.25) is 14.5 Å². The Hall–Kier alpha value is -2.28. The zero-order valence-electron chi connectivity index (χ0n) is 32.1. The molecule has 42 heavy (non-hydrogen) atoms. The van der Waals surface area contributed by atoms with Crippen LogP contribution in [0.15, 0.2) is 42.5 Å². The van der Waals surface area contributed by atoms with Gasteiger partial charge in [0.25, 0.3) is 0 Å². The molecule has 2 atom stereocenters. The smallest absolute Gasteiger partial charge is 0.226 e. The van der Waals surface area contributed by atoms with Crippen LogP contribution in [0.2, 0.25) is 10.0 Å². The molecular formula is C34H45Cl2N3O3. The number of hydrogen-bond donors (Lipinski definition) is 0. The Kier molecular flexibility index (Phi) is 7.92. The molecular weight excluding hydrogens is 569 g/mol. The van der Waals surface area contributed by atoms with Gasteiger partial charge >= 0.3 is 0 Å². The first kappa shape index (κ1) is 22.3. The SMILES string of the molecule is [2H]C1([2H])N([C@H](CC)COc2ccccc2C2CCN(C(=O)[C@@H](CC(=O)N3CCCC3)Cc3ccc(Cl)cc3Cl)CC2)C([2H])([2H])C([2H])([2H])C1([2H])[2H]. The molecule has 0 radical (unpaired) electrons. The van der Waals surface area contributed by atoms with Gasteiger partial charge in [-0.1, -0.05) is 54.4 Å². The zero-order chi connectivity index (χ0) is 36.6. The van der Waals surface area contributed by atoms with E-state index in [9.17, 15) is 9.59 Å². The summed E-state index contributed by atoms with van der Waals surface area (Å²) in [6, 6.07) is 11.6. The number of likely N-dealkylation sites (tertiary alicyclic amines) is 3. The van der Waals surface area contributed by atoms with Crippen LogP contribution in [0.1, 0.15) is 86.2 Å². The second kappa shape index (κ2) is 14.9. The standard InChI is InChI=1S/C34H45Cl2N3O3/c1-2-29(37-15-5-6-16-37)24-42-32-10-4-3-9-30(32)25-13-19-39(20-14-25)34(41)27(22-33(40)38-17-7-8-18-38)21-26-11-12-28(35)23-31(26)36/h3-4,9-12,23,25,27,29H,2,5-8,13-22,24H2,1H3/t27-,29-/m1/s1/i5D2,6D2,15D2,16D2. The summed E-state index contributed by atoms with van der Waals surface area (Å²) < 4.78 is 72.6. The van der Waals surface area contributed by atoms with E-state index < -0.39 is 37.7 Å². The third kappa shape index (κ3) is 7.81. The molecule has 8 heteroatoms. The van der Waals surface area contributed by atoms with Crippen LogP contribution in [0, 0.1) is 5.92 Å². The summed E-state index contributed by atoms with van der Waals surface area (Å²) >= 11 is 12.6. The average Bonchev–Trinajstić information content (AvgIpc) is 3.64. The summed E-state index contributed by atoms with van der Waals surface area (Å²) in [5.74, 6) is -0.150. The third-order valence-corrected chi connectivity index (χ3v) is 9.15. The van der Waals surface area contributed by atoms with Gasteiger partial charge in [0.2, 0.25) is 11.8 Å². The number of piperidine rings is 1. The van der Waals surface area contributed by atoms with Crippen molar-refractivity contribution in [1.82, 2.24) is 14.7 Å². The van der Waals surface area contributed by atoms with E-state index in [1.54, 1.807) is 37.3 Å². The van der Waals surface area contributed by atoms with E-state index in [4.69, 9.17) is 38.9 Å². The highest BCUT2D eigenvalue weighted by Crippen LogP contribution is 2.35. The van der Waals surface area contributed by atoms with Gasteiger partial charge in [-0.25, -0.2) is 0 Å². The largest absolute Gasteiger partial charge is 0.492 e. The average molecular weight is 623 g/mol. The number of carbonyl (C=O) groups excluding carboxylic acids is 2. The molecule has 6 nitrogen and oxygen atoms in total. The minimum Gasteiger partial charge on any atom is -0.492 e. The monoisotopic (exact) mass is 621 g/mol. The summed E-state index contributed by atoms with van der Waals surface area (Å²) in [4.78, 5) is 31.5. The highest BCUT2D eigenvalue weighted by molar-refractivity contribution is 6.35. The molecule has 3 saturated heterocycles. The highest BCUT2D eigenvalue weighted by Gasteiger charge is 2.33. The number of rotatable bonds is 11. The molecule has 3 heterocycles. The van der Waals surface area contributed by atoms with Crippen molar-refractivity contribution < 1.29 is 25.3 Å². The maximum Gasteiger partial charge on any atom is 0.226 e. The Morgan fingerprint density at radius 2 is 1.71 bits per heavy atom. The summed E-state index contributed by atoms with van der Waals surface area (Å²) in [5, 5.41) is 0.952. The van der Waals surface area contributed by atoms with Gasteiger partial charge < -0.3 is 14.5 Å². The van der Waals surface area contributed by atoms with Crippen molar-refractivity contribution in [1.29, 1.82) is 0 Å². The molecule has 0 saturated carbocycles. The number of halogens is 2. The van der Waals surface area contributed by atoms with E-state index >= 15 is 0 Å². The lowest BCUT2D eigenvalue weighted by Crippen LogP contribution is -2.43. The van der Waals surface area contributed by atoms with Crippen molar-refractivity contribution in [2.75, 3.05) is 45.8 Å². The topological polar surface area (TPSA) is 53.1 Å². The Balaban J connectivity index is 1.27. The van der Waals surface area contributed by atoms with E-state index in [-0.39, 0.29) is 37.2 Å². The Labute approximate surface area is 272 Å². The summed E-state index contributed by atoms with van der Waals surface area (Å²) in [7, 11) is 0. The van der Waals surface area contributed by atoms with Crippen molar-refractivity contribution in [2.24, 2.45) is 5.92 Å². The number of amides is 2. The van der Waals surface area contributed by atoms with Crippen LogP contribution in [0.25, 0.3) is 0 Å². The summed E-state index contributed by atoms with van der Waals surface area (Å²) in [5.41, 5.74) is 1.65. The van der Waals surface area contributed by atoms with Crippen LogP contribution in [0.4, 0.5) is 0 Å². The lowest BCUT2D eigenvalue weighted by Gasteiger charge is -2.35. The quantitative estimate of drug-likeness (QED) is 0.276. The number of hydrogen-bond acceptors (Lipinski definition) is 4. The molecule has 0 N–H and O–H groups in total. The first-order chi connectivity index (χ1) is 23.4. The molecule has 0 bridgehead atoms. The van der Waals surface area contributed by atoms with Crippen molar-refractivity contribution in [3.63, 3.8) is 0 Å². The van der Waals surface area contributed by atoms with Gasteiger partial charge in [0, 0.05) is 59.7 Å². The fourth-order valence-electron chi connectivity index (χ4n) is 6.07. The van der Waals surface area contributed by atoms with Gasteiger partial charge in [0.05, 0.1) is 5.92 Å². The van der Waals surface area contributed by atoms with Crippen molar-refractivity contribution >= 4 is 35.0 Å². The van der Waals surface area contributed by atoms with Crippen molar-refractivity contribution in [3.8, 4) is 5.75 Å². The Bertz CT molecular complexity index is 1530. The second-order valence-electron chi connectivity index (χ2n) is 11.3. The zero-order valence-corrected chi connectivity index (χ0v) is 25.6. The number of carbonyl (C=O) groups is 2. The van der Waals surface area contributed by atoms with Crippen molar-refractivity contribution in [2.45, 2.75) is 76.6 Å². The molecule has 0 spiro atoms. The molecule has 3 fully saturated rings. The fraction of sp³-hybridized carbons (Fsp3) is 0.588. The summed E-state index contributed by atoms with van der Waals surface area (Å²) in [6.07, 6.45) is -2.42. The van der Waals surface area contributed by atoms with Crippen molar-refractivity contribution in [3.05, 3.63) is 63.6 Å². The predicted octanol–water partition coefficient (Wildman–Crippen LogP) is 6.82. The lowest BCUT2D eigenvalue weighted by molar-refractivity contribution is -0.141. The maximum atomic E-state index is 14.0. The van der Waals surface area contributed by atoms with Crippen LogP contribution in [-0.4, -0.2) is 78.3 Å². The molecule has 3 aliphatic rings. The van der Waals surface area contributed by atoms with Gasteiger partial charge in [-0.05, 0) is 99.5 Å².